The number of carbonyl (C=O) groups excluding carboxylic acids is 1. The second-order valence-electron chi connectivity index (χ2n) is 6.73. The topological polar surface area (TPSA) is 50.8 Å². The van der Waals surface area contributed by atoms with Crippen LogP contribution in [-0.2, 0) is 15.9 Å². The minimum Gasteiger partial charge on any atom is -0.384 e. The minimum atomic E-state index is -0.376. The van der Waals surface area contributed by atoms with Crippen molar-refractivity contribution in [3.8, 4) is 0 Å². The zero-order valence-electron chi connectivity index (χ0n) is 13.6. The molecule has 2 saturated heterocycles. The summed E-state index contributed by atoms with van der Waals surface area (Å²) < 4.78 is 11.5. The first kappa shape index (κ1) is 15.1. The van der Waals surface area contributed by atoms with E-state index in [4.69, 9.17) is 9.47 Å². The van der Waals surface area contributed by atoms with Crippen LogP contribution in [0.2, 0.25) is 0 Å². The molecule has 3 heterocycles. The Morgan fingerprint density at radius 2 is 2.00 bits per heavy atom. The normalized spacial score (nSPS) is 24.4. The van der Waals surface area contributed by atoms with E-state index >= 15 is 0 Å². The largest absolute Gasteiger partial charge is 0.384 e. The number of hydrogen-bond donors (Lipinski definition) is 1. The molecular weight excluding hydrogens is 292 g/mol. The second-order valence-corrected chi connectivity index (χ2v) is 6.73. The number of rotatable bonds is 3. The summed E-state index contributed by atoms with van der Waals surface area (Å²) in [6.07, 6.45) is 2.70. The number of nitrogens with zero attached hydrogens (tertiary/aromatic N) is 1. The number of piperidine rings is 1. The molecule has 2 fully saturated rings. The molecule has 0 amide bonds. The van der Waals surface area contributed by atoms with E-state index < -0.39 is 0 Å². The van der Waals surface area contributed by atoms with Gasteiger partial charge < -0.3 is 14.8 Å². The van der Waals surface area contributed by atoms with E-state index in [2.05, 4.69) is 16.3 Å². The fourth-order valence-electron chi connectivity index (χ4n) is 3.90. The van der Waals surface area contributed by atoms with Gasteiger partial charge >= 0.3 is 0 Å². The third-order valence-corrected chi connectivity index (χ3v) is 5.40. The van der Waals surface area contributed by atoms with Crippen LogP contribution in [0.5, 0.6) is 0 Å². The molecule has 1 aromatic rings. The van der Waals surface area contributed by atoms with Gasteiger partial charge in [-0.2, -0.15) is 0 Å². The highest BCUT2D eigenvalue weighted by atomic mass is 16.7. The fraction of sp³-hybridized carbons (Fsp3) is 0.611. The quantitative estimate of drug-likeness (QED) is 0.865. The molecule has 1 atom stereocenters. The van der Waals surface area contributed by atoms with Crippen molar-refractivity contribution >= 4 is 11.5 Å². The summed E-state index contributed by atoms with van der Waals surface area (Å²) in [4.78, 5) is 15.1. The third-order valence-electron chi connectivity index (χ3n) is 5.40. The summed E-state index contributed by atoms with van der Waals surface area (Å²) in [6.45, 7) is 6.06. The standard InChI is InChI=1S/C18H24N2O3/c1-13(20-8-5-18(6-9-20)22-10-11-23-18)17(21)15-2-3-16-14(12-15)4-7-19-16/h2-3,12-13,19H,4-11H2,1H3. The monoisotopic (exact) mass is 316 g/mol. The maximum absolute atomic E-state index is 12.8. The van der Waals surface area contributed by atoms with Crippen molar-refractivity contribution in [2.45, 2.75) is 38.0 Å². The van der Waals surface area contributed by atoms with Crippen LogP contribution in [0.15, 0.2) is 18.2 Å². The molecule has 1 aromatic carbocycles. The van der Waals surface area contributed by atoms with E-state index in [9.17, 15) is 4.79 Å². The van der Waals surface area contributed by atoms with Gasteiger partial charge in [0.15, 0.2) is 11.6 Å². The van der Waals surface area contributed by atoms with E-state index in [0.29, 0.717) is 13.2 Å². The molecule has 1 spiro atoms. The van der Waals surface area contributed by atoms with E-state index in [1.165, 1.54) is 11.3 Å². The number of anilines is 1. The average molecular weight is 316 g/mol. The molecule has 5 nitrogen and oxygen atoms in total. The summed E-state index contributed by atoms with van der Waals surface area (Å²) >= 11 is 0. The number of fused-ring (bicyclic) bond motifs is 1. The first-order valence-electron chi connectivity index (χ1n) is 8.60. The van der Waals surface area contributed by atoms with Crippen LogP contribution in [0.4, 0.5) is 5.69 Å². The molecule has 3 aliphatic heterocycles. The van der Waals surface area contributed by atoms with Crippen LogP contribution >= 0.6 is 0 Å². The molecule has 4 rings (SSSR count). The highest BCUT2D eigenvalue weighted by Crippen LogP contribution is 2.32. The smallest absolute Gasteiger partial charge is 0.179 e. The molecule has 124 valence electrons. The number of likely N-dealkylation sites (tertiary alicyclic amines) is 1. The molecule has 0 aromatic heterocycles. The van der Waals surface area contributed by atoms with Gasteiger partial charge in [-0.15, -0.1) is 0 Å². The molecule has 23 heavy (non-hydrogen) atoms. The average Bonchev–Trinajstić information content (AvgIpc) is 3.23. The zero-order valence-corrected chi connectivity index (χ0v) is 13.6. The van der Waals surface area contributed by atoms with Gasteiger partial charge in [-0.3, -0.25) is 9.69 Å². The number of ketones is 1. The summed E-state index contributed by atoms with van der Waals surface area (Å²) in [7, 11) is 0. The number of ether oxygens (including phenoxy) is 2. The lowest BCUT2D eigenvalue weighted by Gasteiger charge is -2.39. The van der Waals surface area contributed by atoms with Gasteiger partial charge in [-0.1, -0.05) is 0 Å². The first-order chi connectivity index (χ1) is 11.2. The maximum Gasteiger partial charge on any atom is 0.179 e. The zero-order chi connectivity index (χ0) is 15.9. The predicted octanol–water partition coefficient (Wildman–Crippen LogP) is 2.06. The van der Waals surface area contributed by atoms with Gasteiger partial charge in [0.1, 0.15) is 0 Å². The van der Waals surface area contributed by atoms with E-state index in [1.807, 2.05) is 19.1 Å². The highest BCUT2D eigenvalue weighted by molar-refractivity contribution is 6.00. The Kier molecular flexibility index (Phi) is 3.87. The molecule has 5 heteroatoms. The van der Waals surface area contributed by atoms with Crippen molar-refractivity contribution in [3.05, 3.63) is 29.3 Å². The summed E-state index contributed by atoms with van der Waals surface area (Å²) in [5, 5.41) is 3.34. The van der Waals surface area contributed by atoms with Crippen LogP contribution in [-0.4, -0.2) is 55.4 Å². The lowest BCUT2D eigenvalue weighted by atomic mass is 9.97. The minimum absolute atomic E-state index is 0.0961. The predicted molar refractivity (Wildman–Crippen MR) is 87.9 cm³/mol. The molecule has 0 saturated carbocycles. The molecule has 1 unspecified atom stereocenters. The Bertz CT molecular complexity index is 600. The number of benzene rings is 1. The van der Waals surface area contributed by atoms with Crippen molar-refractivity contribution in [3.63, 3.8) is 0 Å². The van der Waals surface area contributed by atoms with Crippen molar-refractivity contribution in [1.82, 2.24) is 4.90 Å². The van der Waals surface area contributed by atoms with Crippen molar-refractivity contribution in [2.75, 3.05) is 38.2 Å². The number of Topliss-reactive ketones (excluding diaryl/α,β-unsaturated/α-hetero) is 1. The highest BCUT2D eigenvalue weighted by Gasteiger charge is 2.41. The lowest BCUT2D eigenvalue weighted by Crippen LogP contribution is -2.50. The van der Waals surface area contributed by atoms with Gasteiger partial charge in [0.25, 0.3) is 0 Å². The molecule has 3 aliphatic rings. The number of hydrogen-bond acceptors (Lipinski definition) is 5. The van der Waals surface area contributed by atoms with Crippen molar-refractivity contribution < 1.29 is 14.3 Å². The first-order valence-corrected chi connectivity index (χ1v) is 8.60. The number of nitrogens with one attached hydrogen (secondary N) is 1. The van der Waals surface area contributed by atoms with Gasteiger partial charge in [-0.05, 0) is 37.1 Å². The Morgan fingerprint density at radius 3 is 2.74 bits per heavy atom. The summed E-state index contributed by atoms with van der Waals surface area (Å²) in [5.41, 5.74) is 3.26. The maximum atomic E-state index is 12.8. The molecule has 1 N–H and O–H groups in total. The molecule has 0 radical (unpaired) electrons. The van der Waals surface area contributed by atoms with Gasteiger partial charge in [0.05, 0.1) is 19.3 Å². The molecule has 0 bridgehead atoms. The van der Waals surface area contributed by atoms with E-state index in [-0.39, 0.29) is 17.6 Å². The lowest BCUT2D eigenvalue weighted by molar-refractivity contribution is -0.186. The van der Waals surface area contributed by atoms with Gasteiger partial charge in [-0.25, -0.2) is 0 Å². The third kappa shape index (κ3) is 2.77. The SMILES string of the molecule is CC(C(=O)c1ccc2c(c1)CCN2)N1CCC2(CC1)OCCO2. The van der Waals surface area contributed by atoms with E-state index in [1.54, 1.807) is 0 Å². The van der Waals surface area contributed by atoms with Crippen LogP contribution in [0.1, 0.15) is 35.7 Å². The van der Waals surface area contributed by atoms with Crippen molar-refractivity contribution in [1.29, 1.82) is 0 Å². The molecule has 0 aliphatic carbocycles. The summed E-state index contributed by atoms with van der Waals surface area (Å²) in [6, 6.07) is 5.95. The van der Waals surface area contributed by atoms with Crippen LogP contribution in [0, 0.1) is 0 Å². The Hall–Kier alpha value is -1.43. The van der Waals surface area contributed by atoms with Gasteiger partial charge in [0.2, 0.25) is 0 Å². The Morgan fingerprint density at radius 1 is 1.26 bits per heavy atom. The van der Waals surface area contributed by atoms with Crippen molar-refractivity contribution in [2.24, 2.45) is 0 Å². The van der Waals surface area contributed by atoms with Gasteiger partial charge in [0, 0.05) is 43.7 Å². The van der Waals surface area contributed by atoms with Crippen LogP contribution in [0.3, 0.4) is 0 Å². The Labute approximate surface area is 136 Å². The number of carbonyl (C=O) groups is 1. The Balaban J connectivity index is 1.42. The molecular formula is C18H24N2O3. The van der Waals surface area contributed by atoms with Crippen LogP contribution in [0.25, 0.3) is 0 Å². The van der Waals surface area contributed by atoms with Crippen LogP contribution < -0.4 is 5.32 Å². The second kappa shape index (κ2) is 5.89. The van der Waals surface area contributed by atoms with E-state index in [0.717, 1.165) is 44.5 Å². The fourth-order valence-corrected chi connectivity index (χ4v) is 3.90. The summed E-state index contributed by atoms with van der Waals surface area (Å²) in [5.74, 6) is -0.165.